The molecule has 10 heteroatoms. The highest BCUT2D eigenvalue weighted by Gasteiger charge is 2.19. The van der Waals surface area contributed by atoms with Crippen molar-refractivity contribution in [2.45, 2.75) is 6.92 Å². The lowest BCUT2D eigenvalue weighted by atomic mass is 10.1. The van der Waals surface area contributed by atoms with Crippen molar-refractivity contribution in [3.8, 4) is 0 Å². The Morgan fingerprint density at radius 1 is 1.00 bits per heavy atom. The fourth-order valence-electron chi connectivity index (χ4n) is 2.35. The van der Waals surface area contributed by atoms with Gasteiger partial charge in [0.05, 0.1) is 17.1 Å². The summed E-state index contributed by atoms with van der Waals surface area (Å²) in [4.78, 5) is 46.3. The maximum atomic E-state index is 12.5. The topological polar surface area (TPSA) is 137 Å². The van der Waals surface area contributed by atoms with E-state index in [0.717, 1.165) is 12.1 Å². The van der Waals surface area contributed by atoms with Gasteiger partial charge in [0.2, 0.25) is 5.91 Å². The molecule has 0 aromatic heterocycles. The summed E-state index contributed by atoms with van der Waals surface area (Å²) in [5.74, 6) is -1.73. The molecule has 2 aromatic carbocycles. The first-order valence-electron chi connectivity index (χ1n) is 8.50. The molecule has 0 saturated heterocycles. The Balaban J connectivity index is 2.18. The van der Waals surface area contributed by atoms with Crippen LogP contribution in [0.5, 0.6) is 0 Å². The van der Waals surface area contributed by atoms with Crippen molar-refractivity contribution in [2.75, 3.05) is 31.0 Å². The third kappa shape index (κ3) is 6.11. The Hall–Kier alpha value is -3.79. The molecule has 2 amide bonds. The number of hydrogen-bond donors (Lipinski definition) is 2. The molecule has 152 valence electrons. The van der Waals surface area contributed by atoms with Crippen molar-refractivity contribution in [2.24, 2.45) is 0 Å². The van der Waals surface area contributed by atoms with Gasteiger partial charge in [0.25, 0.3) is 11.6 Å². The first kappa shape index (κ1) is 21.5. The molecule has 0 saturated carbocycles. The molecule has 0 aliphatic rings. The summed E-state index contributed by atoms with van der Waals surface area (Å²) < 4.78 is 9.56. The van der Waals surface area contributed by atoms with Crippen LogP contribution in [0.1, 0.15) is 27.6 Å². The predicted molar refractivity (Wildman–Crippen MR) is 104 cm³/mol. The molecule has 0 aliphatic carbocycles. The summed E-state index contributed by atoms with van der Waals surface area (Å²) in [7, 11) is 1.40. The number of carbonyl (C=O) groups excluding carboxylic acids is 3. The van der Waals surface area contributed by atoms with Gasteiger partial charge in [-0.15, -0.1) is 0 Å². The lowest BCUT2D eigenvalue weighted by Gasteiger charge is -2.09. The van der Waals surface area contributed by atoms with Crippen molar-refractivity contribution in [1.82, 2.24) is 0 Å². The van der Waals surface area contributed by atoms with Crippen LogP contribution in [0.4, 0.5) is 17.1 Å². The average Bonchev–Trinajstić information content (AvgIpc) is 2.69. The number of nitro groups is 1. The smallest absolute Gasteiger partial charge is 0.338 e. The van der Waals surface area contributed by atoms with E-state index >= 15 is 0 Å². The summed E-state index contributed by atoms with van der Waals surface area (Å²) in [6, 6.07) is 9.57. The van der Waals surface area contributed by atoms with Crippen molar-refractivity contribution in [3.63, 3.8) is 0 Å². The zero-order valence-electron chi connectivity index (χ0n) is 15.8. The van der Waals surface area contributed by atoms with Crippen molar-refractivity contribution in [1.29, 1.82) is 0 Å². The Kier molecular flexibility index (Phi) is 7.38. The molecular formula is C19H19N3O7. The van der Waals surface area contributed by atoms with Gasteiger partial charge in [-0.2, -0.15) is 0 Å². The second-order valence-corrected chi connectivity index (χ2v) is 5.76. The molecule has 0 spiro atoms. The Morgan fingerprint density at radius 2 is 1.59 bits per heavy atom. The van der Waals surface area contributed by atoms with Gasteiger partial charge in [-0.3, -0.25) is 19.7 Å². The van der Waals surface area contributed by atoms with Gasteiger partial charge < -0.3 is 20.1 Å². The third-order valence-electron chi connectivity index (χ3n) is 3.60. The maximum absolute atomic E-state index is 12.5. The molecule has 0 unspecified atom stereocenters. The van der Waals surface area contributed by atoms with Crippen LogP contribution in [0.25, 0.3) is 0 Å². The molecule has 29 heavy (non-hydrogen) atoms. The largest absolute Gasteiger partial charge is 0.462 e. The molecule has 0 atom stereocenters. The molecule has 2 rings (SSSR count). The van der Waals surface area contributed by atoms with E-state index in [1.807, 2.05) is 0 Å². The minimum Gasteiger partial charge on any atom is -0.462 e. The normalized spacial score (nSPS) is 10.1. The average molecular weight is 401 g/mol. The van der Waals surface area contributed by atoms with Gasteiger partial charge in [0.1, 0.15) is 6.61 Å². The molecule has 0 aliphatic heterocycles. The SMILES string of the molecule is CCOC(=O)c1cc(C(=O)Nc2ccc(NC(=O)COC)cc2)cc([N+](=O)[O-])c1. The first-order valence-corrected chi connectivity index (χ1v) is 8.50. The van der Waals surface area contributed by atoms with Crippen LogP contribution in [0, 0.1) is 10.1 Å². The van der Waals surface area contributed by atoms with Gasteiger partial charge in [-0.25, -0.2) is 4.79 Å². The number of nitro benzene ring substituents is 1. The van der Waals surface area contributed by atoms with Gasteiger partial charge in [0.15, 0.2) is 0 Å². The van der Waals surface area contributed by atoms with Crippen LogP contribution in [0.3, 0.4) is 0 Å². The molecule has 2 N–H and O–H groups in total. The van der Waals surface area contributed by atoms with Crippen LogP contribution in [0.2, 0.25) is 0 Å². The highest BCUT2D eigenvalue weighted by molar-refractivity contribution is 6.06. The third-order valence-corrected chi connectivity index (χ3v) is 3.60. The Labute approximate surface area is 166 Å². The van der Waals surface area contributed by atoms with Gasteiger partial charge in [-0.05, 0) is 37.3 Å². The van der Waals surface area contributed by atoms with E-state index < -0.39 is 22.5 Å². The van der Waals surface area contributed by atoms with Gasteiger partial charge in [0, 0.05) is 36.2 Å². The summed E-state index contributed by atoms with van der Waals surface area (Å²) in [5, 5.41) is 16.3. The van der Waals surface area contributed by atoms with Crippen molar-refractivity contribution in [3.05, 3.63) is 63.7 Å². The number of hydrogen-bond acceptors (Lipinski definition) is 7. The molecule has 0 bridgehead atoms. The summed E-state index contributed by atoms with van der Waals surface area (Å²) in [5.41, 5.74) is 0.327. The molecule has 0 fully saturated rings. The number of esters is 1. The monoisotopic (exact) mass is 401 g/mol. The summed E-state index contributed by atoms with van der Waals surface area (Å²) >= 11 is 0. The zero-order chi connectivity index (χ0) is 21.4. The highest BCUT2D eigenvalue weighted by atomic mass is 16.6. The van der Waals surface area contributed by atoms with Gasteiger partial charge in [-0.1, -0.05) is 0 Å². The number of nitrogens with zero attached hydrogens (tertiary/aromatic N) is 1. The number of amides is 2. The number of anilines is 2. The number of benzene rings is 2. The fourth-order valence-corrected chi connectivity index (χ4v) is 2.35. The minimum atomic E-state index is -0.763. The van der Waals surface area contributed by atoms with E-state index in [9.17, 15) is 24.5 Å². The number of methoxy groups -OCH3 is 1. The van der Waals surface area contributed by atoms with E-state index in [4.69, 9.17) is 9.47 Å². The Morgan fingerprint density at radius 3 is 2.14 bits per heavy atom. The van der Waals surface area contributed by atoms with Crippen LogP contribution < -0.4 is 10.6 Å². The second kappa shape index (κ2) is 9.95. The minimum absolute atomic E-state index is 0.0697. The van der Waals surface area contributed by atoms with Crippen LogP contribution >= 0.6 is 0 Å². The predicted octanol–water partition coefficient (Wildman–Crippen LogP) is 2.61. The van der Waals surface area contributed by atoms with Crippen LogP contribution in [-0.4, -0.2) is 43.0 Å². The molecular weight excluding hydrogens is 382 g/mol. The van der Waals surface area contributed by atoms with E-state index in [1.165, 1.54) is 13.2 Å². The standard InChI is InChI=1S/C19H19N3O7/c1-3-29-19(25)13-8-12(9-16(10-13)22(26)27)18(24)21-15-6-4-14(5-7-15)20-17(23)11-28-2/h4-10H,3,11H2,1-2H3,(H,20,23)(H,21,24). The molecule has 10 nitrogen and oxygen atoms in total. The fraction of sp³-hybridized carbons (Fsp3) is 0.211. The molecule has 2 aromatic rings. The molecule has 0 heterocycles. The first-order chi connectivity index (χ1) is 13.8. The maximum Gasteiger partial charge on any atom is 0.338 e. The number of ether oxygens (including phenoxy) is 2. The number of carbonyl (C=O) groups is 3. The van der Waals surface area contributed by atoms with E-state index in [-0.39, 0.29) is 30.2 Å². The van der Waals surface area contributed by atoms with Crippen molar-refractivity contribution >= 4 is 34.8 Å². The number of rotatable bonds is 8. The lowest BCUT2D eigenvalue weighted by molar-refractivity contribution is -0.384. The van der Waals surface area contributed by atoms with E-state index in [2.05, 4.69) is 10.6 Å². The number of non-ortho nitro benzene ring substituents is 1. The quantitative estimate of drug-likeness (QED) is 0.394. The highest BCUT2D eigenvalue weighted by Crippen LogP contribution is 2.20. The van der Waals surface area contributed by atoms with Gasteiger partial charge >= 0.3 is 5.97 Å². The van der Waals surface area contributed by atoms with Crippen LogP contribution in [-0.2, 0) is 14.3 Å². The van der Waals surface area contributed by atoms with Crippen LogP contribution in [0.15, 0.2) is 42.5 Å². The molecule has 0 radical (unpaired) electrons. The lowest BCUT2D eigenvalue weighted by Crippen LogP contribution is -2.17. The Bertz CT molecular complexity index is 926. The summed E-state index contributed by atoms with van der Waals surface area (Å²) in [6.45, 7) is 1.61. The second-order valence-electron chi connectivity index (χ2n) is 5.76. The zero-order valence-corrected chi connectivity index (χ0v) is 15.8. The van der Waals surface area contributed by atoms with Crippen molar-refractivity contribution < 1.29 is 28.8 Å². The van der Waals surface area contributed by atoms with E-state index in [0.29, 0.717) is 11.4 Å². The summed E-state index contributed by atoms with van der Waals surface area (Å²) in [6.07, 6.45) is 0. The number of nitrogens with one attached hydrogen (secondary N) is 2. The van der Waals surface area contributed by atoms with E-state index in [1.54, 1.807) is 31.2 Å².